The first kappa shape index (κ1) is 14.5. The highest BCUT2D eigenvalue weighted by Gasteiger charge is 2.13. The first-order valence-corrected chi connectivity index (χ1v) is 6.54. The number of benzene rings is 1. The van der Waals surface area contributed by atoms with Crippen LogP contribution < -0.4 is 4.90 Å². The fraction of sp³-hybridized carbons (Fsp3) is 0.111. The number of amides is 1. The SMILES string of the molecule is C=C(C)C(=O)N(C)c1ccccc1C#Cc1cccnc1. The van der Waals surface area contributed by atoms with E-state index in [9.17, 15) is 4.79 Å². The molecule has 1 heterocycles. The van der Waals surface area contributed by atoms with Gasteiger partial charge in [-0.15, -0.1) is 0 Å². The first-order valence-electron chi connectivity index (χ1n) is 6.54. The van der Waals surface area contributed by atoms with E-state index in [1.54, 1.807) is 31.3 Å². The van der Waals surface area contributed by atoms with Gasteiger partial charge in [-0.05, 0) is 31.2 Å². The van der Waals surface area contributed by atoms with Gasteiger partial charge in [-0.3, -0.25) is 9.78 Å². The fourth-order valence-corrected chi connectivity index (χ4v) is 1.84. The van der Waals surface area contributed by atoms with Gasteiger partial charge in [0.2, 0.25) is 0 Å². The van der Waals surface area contributed by atoms with E-state index in [2.05, 4.69) is 23.4 Å². The Morgan fingerprint density at radius 3 is 2.62 bits per heavy atom. The summed E-state index contributed by atoms with van der Waals surface area (Å²) in [5, 5.41) is 0. The van der Waals surface area contributed by atoms with Gasteiger partial charge >= 0.3 is 0 Å². The molecule has 0 aliphatic rings. The molecule has 0 unspecified atom stereocenters. The van der Waals surface area contributed by atoms with E-state index < -0.39 is 0 Å². The molecule has 1 aromatic heterocycles. The molecule has 21 heavy (non-hydrogen) atoms. The molecule has 0 saturated carbocycles. The van der Waals surface area contributed by atoms with E-state index in [0.29, 0.717) is 5.57 Å². The number of likely N-dealkylation sites (N-methyl/N-ethyl adjacent to an activating group) is 1. The van der Waals surface area contributed by atoms with Gasteiger partial charge in [0.25, 0.3) is 5.91 Å². The zero-order chi connectivity index (χ0) is 15.2. The number of aromatic nitrogens is 1. The average molecular weight is 276 g/mol. The fourth-order valence-electron chi connectivity index (χ4n) is 1.84. The lowest BCUT2D eigenvalue weighted by Gasteiger charge is -2.18. The van der Waals surface area contributed by atoms with Crippen molar-refractivity contribution < 1.29 is 4.79 Å². The summed E-state index contributed by atoms with van der Waals surface area (Å²) >= 11 is 0. The highest BCUT2D eigenvalue weighted by Crippen LogP contribution is 2.19. The van der Waals surface area contributed by atoms with Gasteiger partial charge in [-0.1, -0.05) is 30.6 Å². The van der Waals surface area contributed by atoms with Gasteiger partial charge in [-0.25, -0.2) is 0 Å². The molecule has 0 aliphatic carbocycles. The van der Waals surface area contributed by atoms with Crippen molar-refractivity contribution in [2.75, 3.05) is 11.9 Å². The standard InChI is InChI=1S/C18H16N2O/c1-14(2)18(21)20(3)17-9-5-4-8-16(17)11-10-15-7-6-12-19-13-15/h4-9,12-13H,1H2,2-3H3. The van der Waals surface area contributed by atoms with Crippen LogP contribution in [0.15, 0.2) is 60.9 Å². The number of pyridine rings is 1. The second kappa shape index (κ2) is 6.53. The van der Waals surface area contributed by atoms with Crippen LogP contribution in [0.2, 0.25) is 0 Å². The second-order valence-electron chi connectivity index (χ2n) is 4.65. The molecule has 3 nitrogen and oxygen atoms in total. The number of hydrogen-bond donors (Lipinski definition) is 0. The molecule has 0 spiro atoms. The third-order valence-corrected chi connectivity index (χ3v) is 2.94. The Labute approximate surface area is 124 Å². The molecule has 104 valence electrons. The molecule has 0 radical (unpaired) electrons. The lowest BCUT2D eigenvalue weighted by molar-refractivity contribution is -0.114. The molecule has 1 aromatic carbocycles. The average Bonchev–Trinajstić information content (AvgIpc) is 2.52. The summed E-state index contributed by atoms with van der Waals surface area (Å²) in [6.07, 6.45) is 3.41. The Kier molecular flexibility index (Phi) is 4.53. The maximum Gasteiger partial charge on any atom is 0.253 e. The maximum atomic E-state index is 12.0. The van der Waals surface area contributed by atoms with E-state index in [1.807, 2.05) is 36.4 Å². The number of carbonyl (C=O) groups is 1. The Morgan fingerprint density at radius 1 is 1.19 bits per heavy atom. The van der Waals surface area contributed by atoms with Crippen molar-refractivity contribution in [1.82, 2.24) is 4.98 Å². The molecule has 2 aromatic rings. The van der Waals surface area contributed by atoms with Crippen LogP contribution in [0.3, 0.4) is 0 Å². The Morgan fingerprint density at radius 2 is 1.95 bits per heavy atom. The van der Waals surface area contributed by atoms with Gasteiger partial charge < -0.3 is 4.90 Å². The molecule has 0 bridgehead atoms. The van der Waals surface area contributed by atoms with E-state index >= 15 is 0 Å². The molecular formula is C18H16N2O. The summed E-state index contributed by atoms with van der Waals surface area (Å²) < 4.78 is 0. The summed E-state index contributed by atoms with van der Waals surface area (Å²) in [6.45, 7) is 5.39. The number of anilines is 1. The van der Waals surface area contributed by atoms with Crippen molar-refractivity contribution in [2.24, 2.45) is 0 Å². The van der Waals surface area contributed by atoms with E-state index in [-0.39, 0.29) is 5.91 Å². The van der Waals surface area contributed by atoms with E-state index in [1.165, 1.54) is 0 Å². The van der Waals surface area contributed by atoms with Gasteiger partial charge in [0.15, 0.2) is 0 Å². The molecule has 0 aliphatic heterocycles. The number of para-hydroxylation sites is 1. The molecule has 0 N–H and O–H groups in total. The van der Waals surface area contributed by atoms with Crippen molar-refractivity contribution >= 4 is 11.6 Å². The number of hydrogen-bond acceptors (Lipinski definition) is 2. The van der Waals surface area contributed by atoms with Crippen LogP contribution in [0.4, 0.5) is 5.69 Å². The zero-order valence-electron chi connectivity index (χ0n) is 12.1. The molecule has 0 atom stereocenters. The molecular weight excluding hydrogens is 260 g/mol. The van der Waals surface area contributed by atoms with Crippen LogP contribution >= 0.6 is 0 Å². The highest BCUT2D eigenvalue weighted by molar-refractivity contribution is 6.05. The summed E-state index contributed by atoms with van der Waals surface area (Å²) in [6, 6.07) is 11.3. The number of nitrogens with zero attached hydrogens (tertiary/aromatic N) is 2. The van der Waals surface area contributed by atoms with Gasteiger partial charge in [0.05, 0.1) is 5.69 Å². The van der Waals surface area contributed by atoms with E-state index in [0.717, 1.165) is 16.8 Å². The van der Waals surface area contributed by atoms with Crippen LogP contribution in [0.25, 0.3) is 0 Å². The Bertz CT molecular complexity index is 724. The van der Waals surface area contributed by atoms with Gasteiger partial charge in [0.1, 0.15) is 0 Å². The lowest BCUT2D eigenvalue weighted by Crippen LogP contribution is -2.27. The van der Waals surface area contributed by atoms with Crippen molar-refractivity contribution in [3.8, 4) is 11.8 Å². The minimum absolute atomic E-state index is 0.120. The van der Waals surface area contributed by atoms with Crippen molar-refractivity contribution in [1.29, 1.82) is 0 Å². The predicted molar refractivity (Wildman–Crippen MR) is 84.9 cm³/mol. The predicted octanol–water partition coefficient (Wildman–Crippen LogP) is 3.02. The normalized spacial score (nSPS) is 9.43. The monoisotopic (exact) mass is 276 g/mol. The largest absolute Gasteiger partial charge is 0.310 e. The smallest absolute Gasteiger partial charge is 0.253 e. The minimum atomic E-state index is -0.120. The van der Waals surface area contributed by atoms with Crippen LogP contribution in [-0.2, 0) is 4.79 Å². The summed E-state index contributed by atoms with van der Waals surface area (Å²) in [5.74, 6) is 6.02. The maximum absolute atomic E-state index is 12.0. The van der Waals surface area contributed by atoms with Crippen LogP contribution in [0.1, 0.15) is 18.1 Å². The zero-order valence-corrected chi connectivity index (χ0v) is 12.1. The molecule has 0 saturated heterocycles. The highest BCUT2D eigenvalue weighted by atomic mass is 16.2. The van der Waals surface area contributed by atoms with E-state index in [4.69, 9.17) is 0 Å². The lowest BCUT2D eigenvalue weighted by atomic mass is 10.1. The van der Waals surface area contributed by atoms with Crippen molar-refractivity contribution in [3.05, 3.63) is 72.1 Å². The number of carbonyl (C=O) groups excluding carboxylic acids is 1. The topological polar surface area (TPSA) is 33.2 Å². The minimum Gasteiger partial charge on any atom is -0.310 e. The summed E-state index contributed by atoms with van der Waals surface area (Å²) in [5.41, 5.74) is 2.88. The van der Waals surface area contributed by atoms with Crippen molar-refractivity contribution in [3.63, 3.8) is 0 Å². The van der Waals surface area contributed by atoms with Gasteiger partial charge in [-0.2, -0.15) is 0 Å². The first-order chi connectivity index (χ1) is 10.1. The molecule has 1 amide bonds. The van der Waals surface area contributed by atoms with Crippen LogP contribution in [0, 0.1) is 11.8 Å². The third-order valence-electron chi connectivity index (χ3n) is 2.94. The molecule has 0 fully saturated rings. The summed E-state index contributed by atoms with van der Waals surface area (Å²) in [7, 11) is 1.72. The Hall–Kier alpha value is -2.86. The Balaban J connectivity index is 2.36. The molecule has 3 heteroatoms. The quantitative estimate of drug-likeness (QED) is 0.624. The number of rotatable bonds is 2. The second-order valence-corrected chi connectivity index (χ2v) is 4.65. The molecule has 2 rings (SSSR count). The van der Waals surface area contributed by atoms with Crippen molar-refractivity contribution in [2.45, 2.75) is 6.92 Å². The van der Waals surface area contributed by atoms with Gasteiger partial charge in [0, 0.05) is 36.1 Å². The van der Waals surface area contributed by atoms with Crippen LogP contribution in [0.5, 0.6) is 0 Å². The third kappa shape index (κ3) is 3.58. The van der Waals surface area contributed by atoms with Crippen LogP contribution in [-0.4, -0.2) is 17.9 Å². The summed E-state index contributed by atoms with van der Waals surface area (Å²) in [4.78, 5) is 17.6.